The van der Waals surface area contributed by atoms with Gasteiger partial charge in [0, 0.05) is 16.6 Å². The average Bonchev–Trinajstić information content (AvgIpc) is 3.27. The van der Waals surface area contributed by atoms with Gasteiger partial charge in [-0.05, 0) is 42.4 Å². The van der Waals surface area contributed by atoms with E-state index >= 15 is 0 Å². The molecular formula is C22H25N3O2S. The van der Waals surface area contributed by atoms with E-state index in [4.69, 9.17) is 16.7 Å². The Labute approximate surface area is 180 Å². The van der Waals surface area contributed by atoms with Crippen molar-refractivity contribution in [3.05, 3.63) is 76.7 Å². The first-order chi connectivity index (χ1) is 16.8. The first-order valence-electron chi connectivity index (χ1n) is 12.6. The predicted molar refractivity (Wildman–Crippen MR) is 114 cm³/mol. The second-order valence-electron chi connectivity index (χ2n) is 5.90. The molecule has 0 spiro atoms. The molecule has 0 aliphatic heterocycles. The van der Waals surface area contributed by atoms with Crippen molar-refractivity contribution in [3.8, 4) is 0 Å². The maximum atomic E-state index is 12.6. The average molecular weight is 404 g/mol. The molecule has 3 rings (SSSR count). The van der Waals surface area contributed by atoms with Gasteiger partial charge in [-0.3, -0.25) is 4.79 Å². The van der Waals surface area contributed by atoms with Crippen LogP contribution >= 0.6 is 11.3 Å². The van der Waals surface area contributed by atoms with Gasteiger partial charge in [-0.15, -0.1) is 11.3 Å². The Hall–Kier alpha value is -2.70. The van der Waals surface area contributed by atoms with Crippen LogP contribution in [0.25, 0.3) is 0 Å². The number of carbonyl (C=O) groups is 1. The number of rotatable bonds is 9. The number of amides is 1. The molecule has 4 N–H and O–H groups in total. The summed E-state index contributed by atoms with van der Waals surface area (Å²) in [6.07, 6.45) is -5.47. The lowest BCUT2D eigenvalue weighted by Crippen LogP contribution is -2.14. The highest BCUT2D eigenvalue weighted by Gasteiger charge is 2.08. The van der Waals surface area contributed by atoms with E-state index in [1.807, 2.05) is 6.07 Å². The Morgan fingerprint density at radius 2 is 2.00 bits per heavy atom. The first kappa shape index (κ1) is 12.0. The van der Waals surface area contributed by atoms with Crippen molar-refractivity contribution in [3.63, 3.8) is 0 Å². The molecule has 0 aliphatic rings. The largest absolute Gasteiger partial charge is 0.388 e. The number of hydrogen-bond acceptors (Lipinski definition) is 5. The zero-order chi connectivity index (χ0) is 26.8. The van der Waals surface area contributed by atoms with Crippen LogP contribution in [0.3, 0.4) is 0 Å². The highest BCUT2D eigenvalue weighted by molar-refractivity contribution is 7.13. The Bertz CT molecular complexity index is 1220. The summed E-state index contributed by atoms with van der Waals surface area (Å²) in [5.74, 6) is -1.26. The van der Waals surface area contributed by atoms with Gasteiger partial charge in [0.15, 0.2) is 5.13 Å². The van der Waals surface area contributed by atoms with Crippen molar-refractivity contribution >= 4 is 28.1 Å². The highest BCUT2D eigenvalue weighted by Crippen LogP contribution is 2.20. The Morgan fingerprint density at radius 3 is 2.68 bits per heavy atom. The lowest BCUT2D eigenvalue weighted by Gasteiger charge is -2.10. The quantitative estimate of drug-likeness (QED) is 0.495. The summed E-state index contributed by atoms with van der Waals surface area (Å²) in [4.78, 5) is 16.4. The maximum Gasteiger partial charge on any atom is 0.230 e. The van der Waals surface area contributed by atoms with Gasteiger partial charge in [0.05, 0.1) is 23.7 Å². The van der Waals surface area contributed by atoms with Crippen molar-refractivity contribution in [2.45, 2.75) is 38.1 Å². The van der Waals surface area contributed by atoms with Gasteiger partial charge in [-0.25, -0.2) is 4.98 Å². The van der Waals surface area contributed by atoms with Crippen LogP contribution < -0.4 is 11.1 Å². The molecule has 146 valence electrons. The van der Waals surface area contributed by atoms with E-state index < -0.39 is 60.2 Å². The van der Waals surface area contributed by atoms with E-state index in [-0.39, 0.29) is 30.1 Å². The third kappa shape index (κ3) is 6.18. The highest BCUT2D eigenvalue weighted by atomic mass is 32.1. The van der Waals surface area contributed by atoms with Gasteiger partial charge in [0.2, 0.25) is 5.91 Å². The van der Waals surface area contributed by atoms with Gasteiger partial charge >= 0.3 is 0 Å². The number of nitrogen functional groups attached to an aromatic ring is 1. The van der Waals surface area contributed by atoms with Gasteiger partial charge in [0.1, 0.15) is 0 Å². The second-order valence-corrected chi connectivity index (χ2v) is 6.79. The molecule has 0 saturated heterocycles. The van der Waals surface area contributed by atoms with E-state index in [1.54, 1.807) is 24.3 Å². The van der Waals surface area contributed by atoms with Crippen molar-refractivity contribution in [1.29, 1.82) is 0 Å². The number of aliphatic hydroxyl groups is 1. The monoisotopic (exact) mass is 403 g/mol. The number of thiazole rings is 1. The molecule has 0 fully saturated rings. The molecule has 1 atom stereocenters. The van der Waals surface area contributed by atoms with E-state index in [0.717, 1.165) is 11.3 Å². The Balaban J connectivity index is 1.82. The normalized spacial score (nSPS) is 17.0. The lowest BCUT2D eigenvalue weighted by atomic mass is 10.0. The summed E-state index contributed by atoms with van der Waals surface area (Å²) >= 11 is 0.933. The minimum absolute atomic E-state index is 0.0498. The third-order valence-corrected chi connectivity index (χ3v) is 4.44. The molecule has 0 aliphatic carbocycles. The summed E-state index contributed by atoms with van der Waals surface area (Å²) in [5, 5.41) is 13.7. The number of nitrogens with two attached hydrogens (primary N) is 1. The number of hydrogen-bond donors (Lipinski definition) is 3. The SMILES string of the molecule is [2H]c1c([2H])c(C([2H])([2H])CCC[C@H](O)c2ccccc2)c([2H])c([2H])c1NC(=O)C([2H])([2H])c1csc(N)n1. The van der Waals surface area contributed by atoms with Gasteiger partial charge in [0.25, 0.3) is 0 Å². The molecule has 2 aromatic carbocycles. The van der Waals surface area contributed by atoms with Crippen LogP contribution in [-0.4, -0.2) is 16.0 Å². The van der Waals surface area contributed by atoms with Crippen molar-refractivity contribution in [2.75, 3.05) is 11.1 Å². The summed E-state index contributed by atoms with van der Waals surface area (Å²) in [6.45, 7) is 0. The fourth-order valence-corrected chi connectivity index (χ4v) is 2.92. The summed E-state index contributed by atoms with van der Waals surface area (Å²) in [7, 11) is 0. The van der Waals surface area contributed by atoms with Crippen LogP contribution in [0.4, 0.5) is 10.8 Å². The number of nitrogens with zero attached hydrogens (tertiary/aromatic N) is 1. The second kappa shape index (κ2) is 10.0. The Kier molecular flexibility index (Phi) is 4.29. The summed E-state index contributed by atoms with van der Waals surface area (Å²) < 4.78 is 66.0. The van der Waals surface area contributed by atoms with Crippen molar-refractivity contribution < 1.29 is 20.9 Å². The van der Waals surface area contributed by atoms with E-state index in [9.17, 15) is 9.90 Å². The molecule has 5 nitrogen and oxygen atoms in total. The molecule has 3 aromatic rings. The summed E-state index contributed by atoms with van der Waals surface area (Å²) in [5.41, 5.74) is 4.89. The zero-order valence-corrected chi connectivity index (χ0v) is 15.8. The topological polar surface area (TPSA) is 88.2 Å². The van der Waals surface area contributed by atoms with Crippen LogP contribution in [0, 0.1) is 0 Å². The van der Waals surface area contributed by atoms with Crippen LogP contribution in [-0.2, 0) is 17.5 Å². The van der Waals surface area contributed by atoms with E-state index in [0.29, 0.717) is 5.56 Å². The lowest BCUT2D eigenvalue weighted by molar-refractivity contribution is -0.115. The van der Waals surface area contributed by atoms with Crippen molar-refractivity contribution in [2.24, 2.45) is 0 Å². The molecule has 0 saturated carbocycles. The third-order valence-electron chi connectivity index (χ3n) is 3.77. The number of aliphatic hydroxyl groups excluding tert-OH is 1. The molecule has 0 radical (unpaired) electrons. The van der Waals surface area contributed by atoms with Gasteiger partial charge in [-0.2, -0.15) is 0 Å². The zero-order valence-electron chi connectivity index (χ0n) is 23.0. The minimum Gasteiger partial charge on any atom is -0.388 e. The van der Waals surface area contributed by atoms with Crippen LogP contribution in [0.15, 0.2) is 59.9 Å². The smallest absolute Gasteiger partial charge is 0.230 e. The molecule has 1 heterocycles. The number of nitrogens with one attached hydrogen (secondary N) is 1. The van der Waals surface area contributed by atoms with Crippen LogP contribution in [0.2, 0.25) is 0 Å². The number of anilines is 2. The maximum absolute atomic E-state index is 12.6. The standard InChI is InChI=1S/C22H25N3O2S/c23-22-25-19(15-28-22)14-21(27)24-18-12-10-16(11-13-18)6-4-5-9-20(26)17-7-2-1-3-8-17/h1-3,7-8,10-13,15,20,26H,4-6,9,14H2,(H2,23,25)(H,24,27)/t20-/m0/s1/i6D2,10D,11D,12D,13D,14D2. The molecule has 6 heteroatoms. The van der Waals surface area contributed by atoms with Crippen molar-refractivity contribution in [1.82, 2.24) is 4.98 Å². The van der Waals surface area contributed by atoms with E-state index in [2.05, 4.69) is 10.3 Å². The minimum atomic E-state index is -2.66. The molecule has 0 bridgehead atoms. The molecule has 1 aromatic heterocycles. The van der Waals surface area contributed by atoms with Gasteiger partial charge in [-0.1, -0.05) is 48.8 Å². The first-order valence-corrected chi connectivity index (χ1v) is 9.52. The molecule has 0 unspecified atom stereocenters. The molecule has 28 heavy (non-hydrogen) atoms. The fraction of sp³-hybridized carbons (Fsp3) is 0.273. The van der Waals surface area contributed by atoms with Crippen LogP contribution in [0.1, 0.15) is 53.2 Å². The fourth-order valence-electron chi connectivity index (χ4n) is 2.42. The number of carbonyl (C=O) groups excluding carboxylic acids is 1. The van der Waals surface area contributed by atoms with Crippen LogP contribution in [0.5, 0.6) is 0 Å². The predicted octanol–water partition coefficient (Wildman–Crippen LogP) is 4.35. The number of aromatic nitrogens is 1. The number of benzene rings is 2. The molecular weight excluding hydrogens is 370 g/mol. The van der Waals surface area contributed by atoms with E-state index in [1.165, 1.54) is 5.38 Å². The summed E-state index contributed by atoms with van der Waals surface area (Å²) in [6, 6.07) is 6.09. The Morgan fingerprint density at radius 1 is 1.25 bits per heavy atom. The molecule has 1 amide bonds. The van der Waals surface area contributed by atoms with Gasteiger partial charge < -0.3 is 16.2 Å².